The van der Waals surface area contributed by atoms with E-state index < -0.39 is 0 Å². The number of fused-ring (bicyclic) bond motifs is 1. The molecule has 100 valence electrons. The molecule has 3 aliphatic rings. The van der Waals surface area contributed by atoms with Crippen LogP contribution in [-0.4, -0.2) is 25.5 Å². The zero-order valence-electron chi connectivity index (χ0n) is 11.2. The maximum atomic E-state index is 12.7. The molecule has 19 heavy (non-hydrogen) atoms. The molecule has 0 bridgehead atoms. The molecule has 0 aromatic heterocycles. The molecule has 4 rings (SSSR count). The highest BCUT2D eigenvalue weighted by molar-refractivity contribution is 5.99. The van der Waals surface area contributed by atoms with Gasteiger partial charge in [0.1, 0.15) is 0 Å². The number of hydrogen-bond donors (Lipinski definition) is 1. The van der Waals surface area contributed by atoms with Gasteiger partial charge in [-0.05, 0) is 55.8 Å². The second-order valence-corrected chi connectivity index (χ2v) is 6.24. The number of hydrogen-bond acceptors (Lipinski definition) is 2. The summed E-state index contributed by atoms with van der Waals surface area (Å²) in [7, 11) is 0. The summed E-state index contributed by atoms with van der Waals surface area (Å²) in [5.41, 5.74) is 2.83. The Kier molecular flexibility index (Phi) is 2.46. The van der Waals surface area contributed by atoms with Crippen molar-refractivity contribution in [2.24, 2.45) is 11.3 Å². The third kappa shape index (κ3) is 1.71. The molecule has 2 fully saturated rings. The molecular weight excluding hydrogens is 236 g/mol. The Morgan fingerprint density at radius 3 is 2.89 bits per heavy atom. The topological polar surface area (TPSA) is 32.3 Å². The first-order valence-corrected chi connectivity index (χ1v) is 7.40. The monoisotopic (exact) mass is 256 g/mol. The molecule has 0 radical (unpaired) electrons. The highest BCUT2D eigenvalue weighted by Crippen LogP contribution is 2.59. The van der Waals surface area contributed by atoms with E-state index in [1.165, 1.54) is 18.4 Å². The van der Waals surface area contributed by atoms with Gasteiger partial charge in [0.25, 0.3) is 0 Å². The van der Waals surface area contributed by atoms with Crippen LogP contribution in [-0.2, 0) is 11.2 Å². The second-order valence-electron chi connectivity index (χ2n) is 6.24. The van der Waals surface area contributed by atoms with Gasteiger partial charge in [-0.25, -0.2) is 0 Å². The maximum Gasteiger partial charge on any atom is 0.230 e. The normalized spacial score (nSPS) is 27.4. The van der Waals surface area contributed by atoms with Gasteiger partial charge in [-0.1, -0.05) is 18.2 Å². The van der Waals surface area contributed by atoms with Gasteiger partial charge in [0, 0.05) is 18.2 Å². The molecule has 1 spiro atoms. The summed E-state index contributed by atoms with van der Waals surface area (Å²) in [5.74, 6) is 0.674. The second kappa shape index (κ2) is 4.07. The Bertz CT molecular complexity index is 519. The summed E-state index contributed by atoms with van der Waals surface area (Å²) in [6.07, 6.45) is 4.49. The van der Waals surface area contributed by atoms with Crippen LogP contribution in [0.15, 0.2) is 24.3 Å². The van der Waals surface area contributed by atoms with E-state index in [1.54, 1.807) is 0 Å². The highest BCUT2D eigenvalue weighted by Gasteiger charge is 2.58. The fourth-order valence-electron chi connectivity index (χ4n) is 3.93. The zero-order valence-corrected chi connectivity index (χ0v) is 11.2. The molecule has 2 aliphatic heterocycles. The fraction of sp³-hybridized carbons (Fsp3) is 0.562. The number of rotatable bonds is 1. The summed E-state index contributed by atoms with van der Waals surface area (Å²) >= 11 is 0. The van der Waals surface area contributed by atoms with E-state index >= 15 is 0 Å². The first-order chi connectivity index (χ1) is 9.30. The highest BCUT2D eigenvalue weighted by atomic mass is 16.2. The third-order valence-corrected chi connectivity index (χ3v) is 5.24. The van der Waals surface area contributed by atoms with Crippen LogP contribution in [0.25, 0.3) is 0 Å². The largest absolute Gasteiger partial charge is 0.317 e. The van der Waals surface area contributed by atoms with Crippen LogP contribution in [0.4, 0.5) is 5.69 Å². The fourth-order valence-corrected chi connectivity index (χ4v) is 3.93. The molecule has 1 saturated carbocycles. The minimum absolute atomic E-state index is 0.292. The number of benzene rings is 1. The van der Waals surface area contributed by atoms with Crippen molar-refractivity contribution < 1.29 is 4.79 Å². The van der Waals surface area contributed by atoms with E-state index in [0.717, 1.165) is 38.2 Å². The quantitative estimate of drug-likeness (QED) is 0.833. The molecule has 2 heterocycles. The van der Waals surface area contributed by atoms with Crippen LogP contribution in [0, 0.1) is 11.3 Å². The Labute approximate surface area is 114 Å². The van der Waals surface area contributed by atoms with E-state index in [1.807, 2.05) is 11.0 Å². The van der Waals surface area contributed by atoms with Crippen molar-refractivity contribution in [3.05, 3.63) is 29.8 Å². The van der Waals surface area contributed by atoms with Crippen molar-refractivity contribution in [3.8, 4) is 0 Å². The first-order valence-electron chi connectivity index (χ1n) is 7.40. The van der Waals surface area contributed by atoms with Gasteiger partial charge in [0.15, 0.2) is 0 Å². The average Bonchev–Trinajstić information content (AvgIpc) is 2.97. The lowest BCUT2D eigenvalue weighted by atomic mass is 9.91. The molecule has 3 heteroatoms. The Morgan fingerprint density at radius 2 is 2.05 bits per heavy atom. The zero-order chi connectivity index (χ0) is 12.9. The van der Waals surface area contributed by atoms with Crippen LogP contribution in [0.1, 0.15) is 24.8 Å². The van der Waals surface area contributed by atoms with E-state index in [4.69, 9.17) is 0 Å². The number of amides is 1. The predicted molar refractivity (Wildman–Crippen MR) is 75.1 cm³/mol. The number of nitrogens with one attached hydrogen (secondary N) is 1. The van der Waals surface area contributed by atoms with Crippen LogP contribution < -0.4 is 10.2 Å². The SMILES string of the molecule is O=C(C1CC12CCNCC2)N1CCc2ccccc21. The number of nitrogens with zero attached hydrogens (tertiary/aromatic N) is 1. The van der Waals surface area contributed by atoms with Crippen LogP contribution in [0.5, 0.6) is 0 Å². The molecule has 1 N–H and O–H groups in total. The number of carbonyl (C=O) groups excluding carboxylic acids is 1. The Morgan fingerprint density at radius 1 is 1.26 bits per heavy atom. The van der Waals surface area contributed by atoms with Crippen molar-refractivity contribution in [1.82, 2.24) is 5.32 Å². The lowest BCUT2D eigenvalue weighted by molar-refractivity contribution is -0.120. The number of anilines is 1. The van der Waals surface area contributed by atoms with Gasteiger partial charge in [0.05, 0.1) is 0 Å². The Hall–Kier alpha value is -1.35. The standard InChI is InChI=1S/C16H20N2O/c19-15(13-11-16(13)6-8-17-9-7-16)18-10-5-12-3-1-2-4-14(12)18/h1-4,13,17H,5-11H2. The molecule has 1 amide bonds. The summed E-state index contributed by atoms with van der Waals surface area (Å²) < 4.78 is 0. The molecule has 3 nitrogen and oxygen atoms in total. The van der Waals surface area contributed by atoms with Gasteiger partial charge in [-0.3, -0.25) is 4.79 Å². The molecule has 1 aliphatic carbocycles. The first kappa shape index (κ1) is 11.5. The maximum absolute atomic E-state index is 12.7. The lowest BCUT2D eigenvalue weighted by Gasteiger charge is -2.25. The van der Waals surface area contributed by atoms with Gasteiger partial charge in [-0.15, -0.1) is 0 Å². The molecule has 1 aromatic carbocycles. The lowest BCUT2D eigenvalue weighted by Crippen LogP contribution is -2.35. The molecule has 1 saturated heterocycles. The average molecular weight is 256 g/mol. The minimum atomic E-state index is 0.292. The van der Waals surface area contributed by atoms with Crippen molar-refractivity contribution in [1.29, 1.82) is 0 Å². The summed E-state index contributed by atoms with van der Waals surface area (Å²) in [6.45, 7) is 3.05. The van der Waals surface area contributed by atoms with Crippen molar-refractivity contribution in [3.63, 3.8) is 0 Å². The van der Waals surface area contributed by atoms with Gasteiger partial charge in [-0.2, -0.15) is 0 Å². The van der Waals surface area contributed by atoms with Gasteiger partial charge < -0.3 is 10.2 Å². The Balaban J connectivity index is 1.54. The van der Waals surface area contributed by atoms with Crippen LogP contribution in [0.2, 0.25) is 0 Å². The van der Waals surface area contributed by atoms with Gasteiger partial charge in [0.2, 0.25) is 5.91 Å². The number of para-hydroxylation sites is 1. The van der Waals surface area contributed by atoms with E-state index in [-0.39, 0.29) is 0 Å². The molecule has 1 unspecified atom stereocenters. The predicted octanol–water partition coefficient (Wildman–Crippen LogP) is 1.97. The smallest absolute Gasteiger partial charge is 0.230 e. The molecule has 1 atom stereocenters. The van der Waals surface area contributed by atoms with Gasteiger partial charge >= 0.3 is 0 Å². The van der Waals surface area contributed by atoms with E-state index in [0.29, 0.717) is 17.2 Å². The van der Waals surface area contributed by atoms with E-state index in [9.17, 15) is 4.79 Å². The number of piperidine rings is 1. The van der Waals surface area contributed by atoms with Crippen LogP contribution in [0.3, 0.4) is 0 Å². The minimum Gasteiger partial charge on any atom is -0.317 e. The molecular formula is C16H20N2O. The molecule has 1 aromatic rings. The van der Waals surface area contributed by atoms with Crippen molar-refractivity contribution in [2.75, 3.05) is 24.5 Å². The summed E-state index contributed by atoms with van der Waals surface area (Å²) in [5, 5.41) is 3.40. The van der Waals surface area contributed by atoms with E-state index in [2.05, 4.69) is 23.5 Å². The van der Waals surface area contributed by atoms with Crippen LogP contribution >= 0.6 is 0 Å². The third-order valence-electron chi connectivity index (χ3n) is 5.24. The number of carbonyl (C=O) groups is 1. The van der Waals surface area contributed by atoms with Crippen molar-refractivity contribution in [2.45, 2.75) is 25.7 Å². The summed E-state index contributed by atoms with van der Waals surface area (Å²) in [4.78, 5) is 14.8. The van der Waals surface area contributed by atoms with Crippen molar-refractivity contribution >= 4 is 11.6 Å². The summed E-state index contributed by atoms with van der Waals surface area (Å²) in [6, 6.07) is 8.35.